The Bertz CT molecular complexity index is 1680. The van der Waals surface area contributed by atoms with Crippen LogP contribution in [0.4, 0.5) is 0 Å². The van der Waals surface area contributed by atoms with Crippen molar-refractivity contribution in [2.75, 3.05) is 0 Å². The van der Waals surface area contributed by atoms with Gasteiger partial charge in [-0.2, -0.15) is 0 Å². The van der Waals surface area contributed by atoms with Crippen LogP contribution in [0.25, 0.3) is 42.6 Å². The molecule has 0 bridgehead atoms. The number of thiophene rings is 1. The van der Waals surface area contributed by atoms with E-state index in [2.05, 4.69) is 55.5 Å². The Morgan fingerprint density at radius 3 is 2.35 bits per heavy atom. The number of pyridine rings is 1. The van der Waals surface area contributed by atoms with E-state index in [4.69, 9.17) is 4.11 Å². The van der Waals surface area contributed by atoms with E-state index < -0.39 is 12.7 Å². The summed E-state index contributed by atoms with van der Waals surface area (Å²) in [6, 6.07) is 22.9. The molecule has 0 radical (unpaired) electrons. The number of hydrogen-bond acceptors (Lipinski definition) is 1. The van der Waals surface area contributed by atoms with Gasteiger partial charge in [0.15, 0.2) is 6.20 Å². The molecule has 170 valence electrons. The maximum atomic E-state index is 9.35. The number of hydrogen-bond donors (Lipinski definition) is 0. The molecule has 5 aromatic rings. The summed E-state index contributed by atoms with van der Waals surface area (Å²) >= 11 is 1.72. The van der Waals surface area contributed by atoms with Crippen molar-refractivity contribution in [3.8, 4) is 22.4 Å². The molecule has 2 heteroatoms. The van der Waals surface area contributed by atoms with Crippen molar-refractivity contribution in [2.24, 2.45) is 7.05 Å². The lowest BCUT2D eigenvalue weighted by atomic mass is 9.83. The molecule has 1 nitrogen and oxygen atoms in total. The van der Waals surface area contributed by atoms with Crippen LogP contribution in [0.2, 0.25) is 0 Å². The molecule has 2 aromatic heterocycles. The van der Waals surface area contributed by atoms with Crippen LogP contribution >= 0.6 is 11.3 Å². The van der Waals surface area contributed by atoms with Crippen molar-refractivity contribution in [3.05, 3.63) is 89.6 Å². The highest BCUT2D eigenvalue weighted by Crippen LogP contribution is 2.45. The minimum Gasteiger partial charge on any atom is -0.201 e. The van der Waals surface area contributed by atoms with Crippen LogP contribution in [0.3, 0.4) is 0 Å². The molecule has 2 heterocycles. The van der Waals surface area contributed by atoms with Crippen molar-refractivity contribution < 1.29 is 10.1 Å². The van der Waals surface area contributed by atoms with Crippen molar-refractivity contribution in [3.63, 3.8) is 0 Å². The number of benzene rings is 3. The molecule has 34 heavy (non-hydrogen) atoms. The van der Waals surface area contributed by atoms with Crippen molar-refractivity contribution in [2.45, 2.75) is 51.8 Å². The molecule has 0 saturated heterocycles. The first-order valence-corrected chi connectivity index (χ1v) is 13.0. The zero-order valence-electron chi connectivity index (χ0n) is 23.8. The van der Waals surface area contributed by atoms with E-state index in [1.165, 1.54) is 11.1 Å². The second kappa shape index (κ2) is 8.67. The summed E-state index contributed by atoms with van der Waals surface area (Å²) in [7, 11) is 1.92. The fourth-order valence-electron chi connectivity index (χ4n) is 5.56. The smallest absolute Gasteiger partial charge is 0.201 e. The summed E-state index contributed by atoms with van der Waals surface area (Å²) in [5, 5.41) is 2.29. The molecule has 1 aliphatic rings. The van der Waals surface area contributed by atoms with Gasteiger partial charge in [0.05, 0.1) is 0 Å². The number of aromatic nitrogens is 1. The Morgan fingerprint density at radius 2 is 1.56 bits per heavy atom. The minimum atomic E-state index is -2.26. The maximum absolute atomic E-state index is 9.35. The van der Waals surface area contributed by atoms with E-state index in [-0.39, 0.29) is 0 Å². The lowest BCUT2D eigenvalue weighted by Crippen LogP contribution is -2.31. The van der Waals surface area contributed by atoms with E-state index >= 15 is 0 Å². The quantitative estimate of drug-likeness (QED) is 0.234. The molecule has 0 amide bonds. The van der Waals surface area contributed by atoms with Crippen LogP contribution in [-0.2, 0) is 7.05 Å². The molecule has 0 unspecified atom stereocenters. The van der Waals surface area contributed by atoms with E-state index in [1.54, 1.807) is 17.5 Å². The van der Waals surface area contributed by atoms with Crippen LogP contribution in [0.15, 0.2) is 72.9 Å². The van der Waals surface area contributed by atoms with E-state index in [1.807, 2.05) is 29.8 Å². The molecule has 1 fully saturated rings. The fraction of sp³-hybridized carbons (Fsp3) is 0.281. The van der Waals surface area contributed by atoms with Gasteiger partial charge in [-0.05, 0) is 55.3 Å². The van der Waals surface area contributed by atoms with Crippen LogP contribution < -0.4 is 4.57 Å². The largest absolute Gasteiger partial charge is 0.213 e. The van der Waals surface area contributed by atoms with Crippen LogP contribution in [0.5, 0.6) is 0 Å². The van der Waals surface area contributed by atoms with Gasteiger partial charge in [-0.3, -0.25) is 0 Å². The summed E-state index contributed by atoms with van der Waals surface area (Å²) in [5.74, 6) is -0.554. The molecule has 1 aliphatic carbocycles. The van der Waals surface area contributed by atoms with Gasteiger partial charge in [0.25, 0.3) is 0 Å². The highest BCUT2D eigenvalue weighted by molar-refractivity contribution is 7.26. The second-order valence-electron chi connectivity index (χ2n) is 9.54. The third-order valence-electron chi connectivity index (χ3n) is 7.35. The van der Waals surface area contributed by atoms with Gasteiger partial charge in [0.2, 0.25) is 5.69 Å². The Morgan fingerprint density at radius 1 is 0.824 bits per heavy atom. The van der Waals surface area contributed by atoms with Gasteiger partial charge in [-0.15, -0.1) is 11.3 Å². The highest BCUT2D eigenvalue weighted by atomic mass is 32.1. The first-order valence-electron chi connectivity index (χ1n) is 14.2. The van der Waals surface area contributed by atoms with E-state index in [0.717, 1.165) is 74.7 Å². The van der Waals surface area contributed by atoms with Crippen molar-refractivity contribution in [1.29, 1.82) is 0 Å². The van der Waals surface area contributed by atoms with Crippen LogP contribution in [0.1, 0.15) is 60.2 Å². The van der Waals surface area contributed by atoms with Crippen LogP contribution in [0, 0.1) is 13.8 Å². The molecular formula is C32H32NS+. The highest BCUT2D eigenvalue weighted by Gasteiger charge is 2.22. The van der Waals surface area contributed by atoms with Crippen LogP contribution in [-0.4, -0.2) is 0 Å². The SMILES string of the molecule is [2H]C([2H])([2H])c1c[n+](C)c(-c2ccccc2C)cc1-c1cccc2c1sc1c(C3([2H])CCCCC3)cccc12. The molecular weight excluding hydrogens is 430 g/mol. The molecule has 0 spiro atoms. The zero-order chi connectivity index (χ0) is 26.7. The normalized spacial score (nSPS) is 17.8. The average Bonchev–Trinajstić information content (AvgIpc) is 3.28. The Hall–Kier alpha value is -2.97. The molecule has 3 aromatic carbocycles. The first-order chi connectivity index (χ1) is 18.2. The summed E-state index contributed by atoms with van der Waals surface area (Å²) in [6.45, 7) is -0.169. The zero-order valence-corrected chi connectivity index (χ0v) is 20.6. The maximum Gasteiger partial charge on any atom is 0.213 e. The lowest BCUT2D eigenvalue weighted by molar-refractivity contribution is -0.660. The number of aryl methyl sites for hydroxylation is 3. The van der Waals surface area contributed by atoms with Gasteiger partial charge in [0, 0.05) is 48.4 Å². The van der Waals surface area contributed by atoms with Gasteiger partial charge < -0.3 is 0 Å². The lowest BCUT2D eigenvalue weighted by Gasteiger charge is -2.22. The van der Waals surface area contributed by atoms with Gasteiger partial charge in [0.1, 0.15) is 7.05 Å². The summed E-state index contributed by atoms with van der Waals surface area (Å²) in [4.78, 5) is 0. The third-order valence-corrected chi connectivity index (χ3v) is 8.64. The second-order valence-corrected chi connectivity index (χ2v) is 10.6. The predicted octanol–water partition coefficient (Wildman–Crippen LogP) is 8.88. The van der Waals surface area contributed by atoms with Gasteiger partial charge in [-0.25, -0.2) is 4.57 Å². The summed E-state index contributed by atoms with van der Waals surface area (Å²) in [6.07, 6.45) is 6.97. The predicted molar refractivity (Wildman–Crippen MR) is 147 cm³/mol. The number of rotatable bonds is 3. The summed E-state index contributed by atoms with van der Waals surface area (Å²) < 4.78 is 38.7. The molecule has 1 saturated carbocycles. The van der Waals surface area contributed by atoms with Gasteiger partial charge >= 0.3 is 0 Å². The summed E-state index contributed by atoms with van der Waals surface area (Å²) in [5.41, 5.74) is 6.39. The fourth-order valence-corrected chi connectivity index (χ4v) is 6.95. The molecule has 0 atom stereocenters. The molecule has 0 aliphatic heterocycles. The Labute approximate surface area is 212 Å². The topological polar surface area (TPSA) is 3.88 Å². The first kappa shape index (κ1) is 17.5. The third kappa shape index (κ3) is 3.56. The monoisotopic (exact) mass is 466 g/mol. The Balaban J connectivity index is 1.64. The van der Waals surface area contributed by atoms with E-state index in [9.17, 15) is 1.37 Å². The molecule has 6 rings (SSSR count). The standard InChI is InChI=1S/C32H32NS/c1-21-11-7-8-14-24(21)30-19-29(22(2)20-33(30)3)28-18-10-17-27-26-16-9-15-25(31(26)34-32(27)28)23-12-5-4-6-13-23/h7-11,14-20,23H,4-6,12-13H2,1-3H3/q+1/i2D3,23D. The average molecular weight is 467 g/mol. The van der Waals surface area contributed by atoms with Crippen molar-refractivity contribution in [1.82, 2.24) is 0 Å². The van der Waals surface area contributed by atoms with Gasteiger partial charge in [-0.1, -0.05) is 73.9 Å². The molecule has 0 N–H and O–H groups in total. The minimum absolute atomic E-state index is 0.353. The number of fused-ring (bicyclic) bond motifs is 3. The van der Waals surface area contributed by atoms with Crippen molar-refractivity contribution >= 4 is 31.5 Å². The van der Waals surface area contributed by atoms with E-state index in [0.29, 0.717) is 5.56 Å². The number of nitrogens with zero attached hydrogens (tertiary/aromatic N) is 1. The Kier molecular flexibility index (Phi) is 4.45.